The highest BCUT2D eigenvalue weighted by Crippen LogP contribution is 2.42. The Labute approximate surface area is 188 Å². The minimum atomic E-state index is -3.45. The number of rotatable bonds is 5. The Balaban J connectivity index is 1.57. The van der Waals surface area contributed by atoms with Gasteiger partial charge in [-0.05, 0) is 47.7 Å². The van der Waals surface area contributed by atoms with Crippen LogP contribution in [0.2, 0.25) is 5.02 Å². The summed E-state index contributed by atoms with van der Waals surface area (Å²) >= 11 is 7.16. The smallest absolute Gasteiger partial charge is 0.307 e. The number of amides is 1. The van der Waals surface area contributed by atoms with E-state index in [-0.39, 0.29) is 18.1 Å². The number of esters is 1. The number of nitrogens with zero attached hydrogens (tertiary/aromatic N) is 2. The summed E-state index contributed by atoms with van der Waals surface area (Å²) in [6.07, 6.45) is -0.0357. The van der Waals surface area contributed by atoms with Crippen molar-refractivity contribution < 1.29 is 22.7 Å². The Morgan fingerprint density at radius 3 is 2.71 bits per heavy atom. The molecule has 2 aromatic carbocycles. The molecule has 1 N–H and O–H groups in total. The summed E-state index contributed by atoms with van der Waals surface area (Å²) in [6.45, 7) is 0.324. The molecule has 0 aliphatic carbocycles. The van der Waals surface area contributed by atoms with Gasteiger partial charge in [-0.1, -0.05) is 23.7 Å². The molecule has 0 radical (unpaired) electrons. The second-order valence-corrected chi connectivity index (χ2v) is 10.2. The van der Waals surface area contributed by atoms with Gasteiger partial charge >= 0.3 is 5.97 Å². The molecule has 0 bridgehead atoms. The van der Waals surface area contributed by atoms with Crippen LogP contribution in [0, 0.1) is 0 Å². The molecule has 162 valence electrons. The molecule has 0 saturated heterocycles. The number of benzene rings is 2. The van der Waals surface area contributed by atoms with Crippen molar-refractivity contribution in [1.82, 2.24) is 5.32 Å². The van der Waals surface area contributed by atoms with Gasteiger partial charge in [0.05, 0.1) is 31.0 Å². The molecular formula is C20H18ClN3O5S2. The Hall–Kier alpha value is -2.56. The first kappa shape index (κ1) is 21.7. The summed E-state index contributed by atoms with van der Waals surface area (Å²) in [4.78, 5) is 27.4. The van der Waals surface area contributed by atoms with Gasteiger partial charge in [0.15, 0.2) is 5.17 Å². The number of amidine groups is 1. The molecule has 1 amide bonds. The van der Waals surface area contributed by atoms with Crippen LogP contribution in [0.5, 0.6) is 0 Å². The highest BCUT2D eigenvalue weighted by molar-refractivity contribution is 8.15. The molecule has 2 heterocycles. The van der Waals surface area contributed by atoms with Gasteiger partial charge in [-0.15, -0.1) is 4.40 Å². The fraction of sp³-hybridized carbons (Fsp3) is 0.250. The van der Waals surface area contributed by atoms with E-state index in [0.29, 0.717) is 22.3 Å². The van der Waals surface area contributed by atoms with Crippen LogP contribution in [0.25, 0.3) is 0 Å². The predicted molar refractivity (Wildman–Crippen MR) is 119 cm³/mol. The quantitative estimate of drug-likeness (QED) is 0.657. The molecule has 4 rings (SSSR count). The average molecular weight is 480 g/mol. The number of carbonyl (C=O) groups is 2. The normalized spacial score (nSPS) is 17.2. The number of fused-ring (bicyclic) bond motifs is 3. The number of methoxy groups -OCH3 is 1. The van der Waals surface area contributed by atoms with Crippen LogP contribution in [0.1, 0.15) is 28.4 Å². The topological polar surface area (TPSA) is 105 Å². The van der Waals surface area contributed by atoms with Gasteiger partial charge in [0.1, 0.15) is 0 Å². The monoisotopic (exact) mass is 479 g/mol. The first-order chi connectivity index (χ1) is 14.8. The lowest BCUT2D eigenvalue weighted by atomic mass is 10.0. The molecule has 2 aliphatic rings. The van der Waals surface area contributed by atoms with Gasteiger partial charge in [-0.25, -0.2) is 8.42 Å². The van der Waals surface area contributed by atoms with Crippen molar-refractivity contribution in [2.45, 2.75) is 17.4 Å². The third-order valence-corrected chi connectivity index (χ3v) is 7.47. The standard InChI is InChI=1S/C20H18ClN3O5S2/c1-29-18(25)11-15(12-2-5-14(21)6-3-12)22-19(26)13-4-7-16-17(10-13)30-20-23-31(27,28)9-8-24(16)20/h2-7,10,15H,8-9,11H2,1H3,(H,22,26). The van der Waals surface area contributed by atoms with E-state index in [1.165, 1.54) is 18.9 Å². The fourth-order valence-electron chi connectivity index (χ4n) is 3.31. The van der Waals surface area contributed by atoms with E-state index in [2.05, 4.69) is 9.71 Å². The number of carbonyl (C=O) groups excluding carboxylic acids is 2. The lowest BCUT2D eigenvalue weighted by molar-refractivity contribution is -0.141. The zero-order valence-corrected chi connectivity index (χ0v) is 18.8. The van der Waals surface area contributed by atoms with Crippen molar-refractivity contribution in [1.29, 1.82) is 0 Å². The van der Waals surface area contributed by atoms with Crippen LogP contribution in [0.3, 0.4) is 0 Å². The van der Waals surface area contributed by atoms with Gasteiger partial charge in [-0.2, -0.15) is 0 Å². The maximum atomic E-state index is 12.9. The number of hydrogen-bond donors (Lipinski definition) is 1. The maximum Gasteiger partial charge on any atom is 0.307 e. The first-order valence-electron chi connectivity index (χ1n) is 9.31. The summed E-state index contributed by atoms with van der Waals surface area (Å²) in [7, 11) is -2.16. The minimum Gasteiger partial charge on any atom is -0.469 e. The number of thioether (sulfide) groups is 1. The van der Waals surface area contributed by atoms with Crippen LogP contribution in [-0.4, -0.2) is 44.9 Å². The zero-order valence-electron chi connectivity index (χ0n) is 16.4. The van der Waals surface area contributed by atoms with Crippen LogP contribution >= 0.6 is 23.4 Å². The van der Waals surface area contributed by atoms with E-state index in [4.69, 9.17) is 16.3 Å². The van der Waals surface area contributed by atoms with Crippen LogP contribution in [0.4, 0.5) is 5.69 Å². The molecule has 8 nitrogen and oxygen atoms in total. The van der Waals surface area contributed by atoms with Crippen molar-refractivity contribution in [2.24, 2.45) is 4.40 Å². The van der Waals surface area contributed by atoms with Gasteiger partial charge in [0.25, 0.3) is 15.9 Å². The summed E-state index contributed by atoms with van der Waals surface area (Å²) in [5, 5.41) is 3.81. The first-order valence-corrected chi connectivity index (χ1v) is 12.1. The van der Waals surface area contributed by atoms with Crippen LogP contribution in [-0.2, 0) is 19.6 Å². The molecule has 2 aromatic rings. The molecule has 0 fully saturated rings. The van der Waals surface area contributed by atoms with E-state index in [0.717, 1.165) is 16.1 Å². The van der Waals surface area contributed by atoms with E-state index < -0.39 is 22.0 Å². The Kier molecular flexibility index (Phi) is 5.96. The van der Waals surface area contributed by atoms with E-state index in [9.17, 15) is 18.0 Å². The molecule has 0 aromatic heterocycles. The number of anilines is 1. The molecule has 1 unspecified atom stereocenters. The van der Waals surface area contributed by atoms with Crippen molar-refractivity contribution in [3.05, 3.63) is 58.6 Å². The van der Waals surface area contributed by atoms with Gasteiger partial charge in [0.2, 0.25) is 0 Å². The predicted octanol–water partition coefficient (Wildman–Crippen LogP) is 2.99. The highest BCUT2D eigenvalue weighted by atomic mass is 35.5. The molecule has 0 saturated carbocycles. The lowest BCUT2D eigenvalue weighted by Gasteiger charge is -2.22. The third-order valence-electron chi connectivity index (χ3n) is 4.91. The minimum absolute atomic E-state index is 0.0357. The van der Waals surface area contributed by atoms with Crippen molar-refractivity contribution in [2.75, 3.05) is 24.3 Å². The largest absolute Gasteiger partial charge is 0.469 e. The van der Waals surface area contributed by atoms with E-state index in [1.54, 1.807) is 42.5 Å². The Bertz CT molecular complexity index is 1180. The maximum absolute atomic E-state index is 12.9. The summed E-state index contributed by atoms with van der Waals surface area (Å²) < 4.78 is 32.1. The van der Waals surface area contributed by atoms with Gasteiger partial charge in [0, 0.05) is 22.0 Å². The number of nitrogens with one attached hydrogen (secondary N) is 1. The van der Waals surface area contributed by atoms with Gasteiger partial charge in [-0.3, -0.25) is 9.59 Å². The van der Waals surface area contributed by atoms with Crippen molar-refractivity contribution >= 4 is 56.1 Å². The SMILES string of the molecule is COC(=O)CC(NC(=O)c1ccc2c(c1)SC1=NS(=O)(=O)CCN12)c1ccc(Cl)cc1. The van der Waals surface area contributed by atoms with Gasteiger partial charge < -0.3 is 15.0 Å². The van der Waals surface area contributed by atoms with Crippen LogP contribution < -0.4 is 10.2 Å². The molecular weight excluding hydrogens is 462 g/mol. The highest BCUT2D eigenvalue weighted by Gasteiger charge is 2.33. The number of ether oxygens (including phenoxy) is 1. The summed E-state index contributed by atoms with van der Waals surface area (Å²) in [5.74, 6) is -0.873. The summed E-state index contributed by atoms with van der Waals surface area (Å²) in [5.41, 5.74) is 1.92. The van der Waals surface area contributed by atoms with E-state index in [1.807, 2.05) is 4.90 Å². The Morgan fingerprint density at radius 2 is 2.00 bits per heavy atom. The number of hydrogen-bond acceptors (Lipinski definition) is 7. The zero-order chi connectivity index (χ0) is 22.2. The van der Waals surface area contributed by atoms with Crippen LogP contribution in [0.15, 0.2) is 51.8 Å². The van der Waals surface area contributed by atoms with Crippen molar-refractivity contribution in [3.63, 3.8) is 0 Å². The van der Waals surface area contributed by atoms with E-state index >= 15 is 0 Å². The Morgan fingerprint density at radius 1 is 1.26 bits per heavy atom. The second kappa shape index (κ2) is 8.52. The van der Waals surface area contributed by atoms with Crippen molar-refractivity contribution in [3.8, 4) is 0 Å². The second-order valence-electron chi connectivity index (χ2n) is 6.95. The average Bonchev–Trinajstić information content (AvgIpc) is 3.08. The molecule has 2 aliphatic heterocycles. The molecule has 31 heavy (non-hydrogen) atoms. The fourth-order valence-corrected chi connectivity index (χ4v) is 5.73. The lowest BCUT2D eigenvalue weighted by Crippen LogP contribution is -2.35. The number of sulfonamides is 1. The third kappa shape index (κ3) is 4.70. The molecule has 0 spiro atoms. The molecule has 11 heteroatoms. The summed E-state index contributed by atoms with van der Waals surface area (Å²) in [6, 6.07) is 11.4. The number of halogens is 1. The molecule has 1 atom stereocenters.